The molecule has 0 spiro atoms. The third-order valence-corrected chi connectivity index (χ3v) is 4.27. The Balaban J connectivity index is 2.15. The van der Waals surface area contributed by atoms with Gasteiger partial charge in [0.25, 0.3) is 0 Å². The summed E-state index contributed by atoms with van der Waals surface area (Å²) in [5.74, 6) is 0.835. The topological polar surface area (TPSA) is 26.0 Å². The molecule has 0 N–H and O–H groups in total. The second-order valence-electron chi connectivity index (χ2n) is 5.01. The zero-order chi connectivity index (χ0) is 14.2. The molecule has 0 amide bonds. The molecule has 0 fully saturated rings. The lowest BCUT2D eigenvalue weighted by molar-refractivity contribution is 0.398. The van der Waals surface area contributed by atoms with Crippen molar-refractivity contribution in [3.8, 4) is 11.3 Å². The standard InChI is InChI=1S/C18H12BrNO/c19-11-14-10-17(20-21-14)18-15-7-3-1-5-12(15)9-13-6-2-4-8-16(13)18/h1-10H,11H2. The van der Waals surface area contributed by atoms with Crippen LogP contribution in [0.3, 0.4) is 0 Å². The summed E-state index contributed by atoms with van der Waals surface area (Å²) in [7, 11) is 0. The molecule has 3 heteroatoms. The van der Waals surface area contributed by atoms with Crippen LogP contribution in [0.2, 0.25) is 0 Å². The smallest absolute Gasteiger partial charge is 0.147 e. The predicted octanol–water partition coefficient (Wildman–Crippen LogP) is 5.54. The maximum Gasteiger partial charge on any atom is 0.147 e. The molecule has 4 aromatic rings. The molecule has 0 bridgehead atoms. The van der Waals surface area contributed by atoms with Crippen LogP contribution < -0.4 is 0 Å². The molecule has 2 nitrogen and oxygen atoms in total. The lowest BCUT2D eigenvalue weighted by Crippen LogP contribution is -1.85. The Kier molecular flexibility index (Phi) is 3.00. The lowest BCUT2D eigenvalue weighted by atomic mass is 9.95. The molecule has 0 radical (unpaired) electrons. The average Bonchev–Trinajstić information content (AvgIpc) is 3.01. The van der Waals surface area contributed by atoms with Crippen molar-refractivity contribution in [2.75, 3.05) is 0 Å². The Morgan fingerprint density at radius 1 is 0.857 bits per heavy atom. The first-order chi connectivity index (χ1) is 10.4. The van der Waals surface area contributed by atoms with Crippen LogP contribution in [0.1, 0.15) is 5.76 Å². The SMILES string of the molecule is BrCc1cc(-c2c3ccccc3cc3ccccc23)no1. The van der Waals surface area contributed by atoms with Gasteiger partial charge in [-0.15, -0.1) is 0 Å². The summed E-state index contributed by atoms with van der Waals surface area (Å²) in [5.41, 5.74) is 2.03. The summed E-state index contributed by atoms with van der Waals surface area (Å²) in [5, 5.41) is 9.76. The van der Waals surface area contributed by atoms with Crippen molar-refractivity contribution in [2.24, 2.45) is 0 Å². The molecule has 0 aliphatic carbocycles. The minimum absolute atomic E-state index is 0.669. The molecule has 1 aromatic heterocycles. The molecule has 0 atom stereocenters. The van der Waals surface area contributed by atoms with Gasteiger partial charge in [-0.2, -0.15) is 0 Å². The van der Waals surface area contributed by atoms with Gasteiger partial charge in [0.2, 0.25) is 0 Å². The van der Waals surface area contributed by atoms with E-state index in [-0.39, 0.29) is 0 Å². The second kappa shape index (κ2) is 5.01. The van der Waals surface area contributed by atoms with E-state index in [9.17, 15) is 0 Å². The molecule has 1 heterocycles. The van der Waals surface area contributed by atoms with Gasteiger partial charge < -0.3 is 4.52 Å². The van der Waals surface area contributed by atoms with E-state index in [4.69, 9.17) is 4.52 Å². The van der Waals surface area contributed by atoms with Crippen LogP contribution in [0.25, 0.3) is 32.8 Å². The van der Waals surface area contributed by atoms with E-state index in [0.29, 0.717) is 5.33 Å². The fourth-order valence-corrected chi connectivity index (χ4v) is 3.05. The largest absolute Gasteiger partial charge is 0.360 e. The number of halogens is 1. The van der Waals surface area contributed by atoms with Gasteiger partial charge >= 0.3 is 0 Å². The number of nitrogens with zero attached hydrogens (tertiary/aromatic N) is 1. The van der Waals surface area contributed by atoms with E-state index in [0.717, 1.165) is 17.0 Å². The summed E-state index contributed by atoms with van der Waals surface area (Å²) in [6, 6.07) is 21.0. The van der Waals surface area contributed by atoms with Crippen LogP contribution >= 0.6 is 15.9 Å². The van der Waals surface area contributed by atoms with Crippen molar-refractivity contribution in [3.05, 3.63) is 66.4 Å². The maximum absolute atomic E-state index is 5.37. The number of benzene rings is 3. The molecular weight excluding hydrogens is 326 g/mol. The maximum atomic E-state index is 5.37. The van der Waals surface area contributed by atoms with Crippen molar-refractivity contribution in [2.45, 2.75) is 5.33 Å². The van der Waals surface area contributed by atoms with E-state index in [1.165, 1.54) is 21.5 Å². The van der Waals surface area contributed by atoms with Gasteiger partial charge in [-0.05, 0) is 27.6 Å². The molecule has 0 aliphatic rings. The minimum atomic E-state index is 0.669. The van der Waals surface area contributed by atoms with E-state index in [1.54, 1.807) is 0 Å². The van der Waals surface area contributed by atoms with Crippen molar-refractivity contribution in [1.29, 1.82) is 0 Å². The lowest BCUT2D eigenvalue weighted by Gasteiger charge is -2.09. The highest BCUT2D eigenvalue weighted by atomic mass is 79.9. The number of aromatic nitrogens is 1. The summed E-state index contributed by atoms with van der Waals surface area (Å²) < 4.78 is 5.37. The van der Waals surface area contributed by atoms with Gasteiger partial charge in [-0.1, -0.05) is 69.6 Å². The van der Waals surface area contributed by atoms with E-state index in [1.807, 2.05) is 6.07 Å². The number of hydrogen-bond donors (Lipinski definition) is 0. The molecule has 3 aromatic carbocycles. The third-order valence-electron chi connectivity index (χ3n) is 3.72. The van der Waals surface area contributed by atoms with E-state index >= 15 is 0 Å². The van der Waals surface area contributed by atoms with Crippen molar-refractivity contribution < 1.29 is 4.52 Å². The van der Waals surface area contributed by atoms with Gasteiger partial charge in [0.05, 0.1) is 5.33 Å². The normalized spacial score (nSPS) is 11.3. The third kappa shape index (κ3) is 2.05. The van der Waals surface area contributed by atoms with Crippen LogP contribution in [0.15, 0.2) is 65.2 Å². The van der Waals surface area contributed by atoms with Crippen LogP contribution in [-0.4, -0.2) is 5.16 Å². The molecule has 0 saturated carbocycles. The van der Waals surface area contributed by atoms with Crippen LogP contribution in [0, 0.1) is 0 Å². The van der Waals surface area contributed by atoms with Crippen molar-refractivity contribution >= 4 is 37.5 Å². The molecule has 0 aliphatic heterocycles. The highest BCUT2D eigenvalue weighted by molar-refractivity contribution is 9.08. The predicted molar refractivity (Wildman–Crippen MR) is 89.6 cm³/mol. The monoisotopic (exact) mass is 337 g/mol. The highest BCUT2D eigenvalue weighted by Gasteiger charge is 2.13. The van der Waals surface area contributed by atoms with E-state index < -0.39 is 0 Å². The van der Waals surface area contributed by atoms with Gasteiger partial charge in [0, 0.05) is 11.6 Å². The van der Waals surface area contributed by atoms with Gasteiger partial charge in [0.15, 0.2) is 0 Å². The fraction of sp³-hybridized carbons (Fsp3) is 0.0556. The zero-order valence-electron chi connectivity index (χ0n) is 11.2. The Labute approximate surface area is 130 Å². The second-order valence-corrected chi connectivity index (χ2v) is 5.57. The first-order valence-corrected chi connectivity index (χ1v) is 7.91. The quantitative estimate of drug-likeness (QED) is 0.354. The summed E-state index contributed by atoms with van der Waals surface area (Å²) in [4.78, 5) is 0. The van der Waals surface area contributed by atoms with Crippen LogP contribution in [-0.2, 0) is 5.33 Å². The number of rotatable bonds is 2. The summed E-state index contributed by atoms with van der Waals surface area (Å²) >= 11 is 3.41. The van der Waals surface area contributed by atoms with Crippen molar-refractivity contribution in [3.63, 3.8) is 0 Å². The minimum Gasteiger partial charge on any atom is -0.360 e. The number of fused-ring (bicyclic) bond motifs is 2. The zero-order valence-corrected chi connectivity index (χ0v) is 12.8. The number of hydrogen-bond acceptors (Lipinski definition) is 2. The van der Waals surface area contributed by atoms with E-state index in [2.05, 4.69) is 75.7 Å². The molecule has 4 rings (SSSR count). The molecular formula is C18H12BrNO. The molecule has 102 valence electrons. The summed E-state index contributed by atoms with van der Waals surface area (Å²) in [6.45, 7) is 0. The molecule has 0 saturated heterocycles. The van der Waals surface area contributed by atoms with Gasteiger partial charge in [-0.3, -0.25) is 0 Å². The Morgan fingerprint density at radius 2 is 1.48 bits per heavy atom. The van der Waals surface area contributed by atoms with Crippen molar-refractivity contribution in [1.82, 2.24) is 5.16 Å². The number of alkyl halides is 1. The average molecular weight is 338 g/mol. The first-order valence-electron chi connectivity index (χ1n) is 6.79. The Morgan fingerprint density at radius 3 is 2.05 bits per heavy atom. The first kappa shape index (κ1) is 12.6. The Hall–Kier alpha value is -2.13. The molecule has 0 unspecified atom stereocenters. The Bertz CT molecular complexity index is 888. The summed E-state index contributed by atoms with van der Waals surface area (Å²) in [6.07, 6.45) is 0. The van der Waals surface area contributed by atoms with Crippen LogP contribution in [0.4, 0.5) is 0 Å². The highest BCUT2D eigenvalue weighted by Crippen LogP contribution is 2.36. The molecule has 21 heavy (non-hydrogen) atoms. The van der Waals surface area contributed by atoms with Crippen LogP contribution in [0.5, 0.6) is 0 Å². The van der Waals surface area contributed by atoms with Gasteiger partial charge in [0.1, 0.15) is 11.5 Å². The fourth-order valence-electron chi connectivity index (χ4n) is 2.78. The van der Waals surface area contributed by atoms with Gasteiger partial charge in [-0.25, -0.2) is 0 Å².